The average molecular weight is 416 g/mol. The van der Waals surface area contributed by atoms with Crippen molar-refractivity contribution in [2.24, 2.45) is 5.92 Å². The number of rotatable bonds is 4. The fourth-order valence-electron chi connectivity index (χ4n) is 5.55. The van der Waals surface area contributed by atoms with Gasteiger partial charge in [0.15, 0.2) is 0 Å². The minimum atomic E-state index is -0.485. The Kier molecular flexibility index (Phi) is 4.53. The highest BCUT2D eigenvalue weighted by atomic mass is 19.1. The number of halogens is 1. The topological polar surface area (TPSA) is 50.4 Å². The molecule has 4 nitrogen and oxygen atoms in total. The van der Waals surface area contributed by atoms with E-state index in [4.69, 9.17) is 0 Å². The largest absolute Gasteiger partial charge is 0.387 e. The summed E-state index contributed by atoms with van der Waals surface area (Å²) in [6, 6.07) is 11.2. The maximum absolute atomic E-state index is 13.9. The van der Waals surface area contributed by atoms with Gasteiger partial charge in [-0.2, -0.15) is 0 Å². The lowest BCUT2D eigenvalue weighted by Gasteiger charge is -2.33. The van der Waals surface area contributed by atoms with E-state index in [0.29, 0.717) is 11.8 Å². The minimum absolute atomic E-state index is 0.216. The number of nitrogens with zero attached hydrogens (tertiary/aromatic N) is 3. The summed E-state index contributed by atoms with van der Waals surface area (Å²) < 4.78 is 16.0. The smallest absolute Gasteiger partial charge is 0.123 e. The lowest BCUT2D eigenvalue weighted by Crippen LogP contribution is -2.22. The third-order valence-electron chi connectivity index (χ3n) is 7.35. The standard InChI is InChI=1S/C26H26FN3O/c27-19-7-10-24-23(13-19)21(11-12-29-24)16-3-5-18(6-4-16)26(31)25-22(17-1-2-17)9-8-20-14-28-15-30(20)25/h7-18,26,31H,1-6H2/t16-,18-,26-/m0/s1. The van der Waals surface area contributed by atoms with Gasteiger partial charge >= 0.3 is 0 Å². The van der Waals surface area contributed by atoms with Crippen LogP contribution in [-0.4, -0.2) is 19.5 Å². The van der Waals surface area contributed by atoms with E-state index in [9.17, 15) is 9.50 Å². The average Bonchev–Trinajstić information content (AvgIpc) is 3.54. The number of benzene rings is 1. The molecule has 3 aromatic heterocycles. The van der Waals surface area contributed by atoms with Crippen LogP contribution in [0, 0.1) is 11.7 Å². The van der Waals surface area contributed by atoms with Crippen molar-refractivity contribution in [3.8, 4) is 0 Å². The van der Waals surface area contributed by atoms with Crippen LogP contribution in [0.1, 0.15) is 73.3 Å². The predicted molar refractivity (Wildman–Crippen MR) is 119 cm³/mol. The number of hydrogen-bond donors (Lipinski definition) is 1. The summed E-state index contributed by atoms with van der Waals surface area (Å²) in [6.45, 7) is 0. The Morgan fingerprint density at radius 3 is 2.52 bits per heavy atom. The molecule has 1 N–H and O–H groups in total. The van der Waals surface area contributed by atoms with Gasteiger partial charge in [0.1, 0.15) is 5.82 Å². The first-order chi connectivity index (χ1) is 15.2. The zero-order valence-electron chi connectivity index (χ0n) is 17.4. The van der Waals surface area contributed by atoms with Crippen molar-refractivity contribution < 1.29 is 9.50 Å². The summed E-state index contributed by atoms with van der Waals surface area (Å²) in [7, 11) is 0. The molecule has 0 bridgehead atoms. The van der Waals surface area contributed by atoms with E-state index in [1.807, 2.05) is 24.8 Å². The molecule has 0 radical (unpaired) electrons. The lowest BCUT2D eigenvalue weighted by molar-refractivity contribution is 0.0755. The Balaban J connectivity index is 1.27. The number of hydrogen-bond acceptors (Lipinski definition) is 3. The summed E-state index contributed by atoms with van der Waals surface area (Å²) in [4.78, 5) is 8.71. The van der Waals surface area contributed by atoms with E-state index in [1.54, 1.807) is 12.1 Å². The molecule has 2 fully saturated rings. The van der Waals surface area contributed by atoms with Crippen molar-refractivity contribution in [3.63, 3.8) is 0 Å². The maximum atomic E-state index is 13.9. The molecule has 0 unspecified atom stereocenters. The summed E-state index contributed by atoms with van der Waals surface area (Å²) in [6.07, 6.45) is 11.4. The van der Waals surface area contributed by atoms with Crippen LogP contribution in [0.2, 0.25) is 0 Å². The Morgan fingerprint density at radius 2 is 1.71 bits per heavy atom. The van der Waals surface area contributed by atoms with Crippen LogP contribution in [0.5, 0.6) is 0 Å². The van der Waals surface area contributed by atoms with Gasteiger partial charge in [0.05, 0.1) is 35.4 Å². The quantitative estimate of drug-likeness (QED) is 0.451. The molecular formula is C26H26FN3O. The molecule has 2 aliphatic carbocycles. The Bertz CT molecular complexity index is 1250. The van der Waals surface area contributed by atoms with Crippen LogP contribution in [0.3, 0.4) is 0 Å². The van der Waals surface area contributed by atoms with Crippen LogP contribution in [0.15, 0.2) is 55.1 Å². The van der Waals surface area contributed by atoms with Gasteiger partial charge in [-0.05, 0) is 97.7 Å². The van der Waals surface area contributed by atoms with Crippen LogP contribution in [-0.2, 0) is 0 Å². The lowest BCUT2D eigenvalue weighted by atomic mass is 9.75. The summed E-state index contributed by atoms with van der Waals surface area (Å²) in [5.74, 6) is 0.965. The van der Waals surface area contributed by atoms with Gasteiger partial charge < -0.3 is 9.51 Å². The molecule has 2 saturated carbocycles. The fraction of sp³-hybridized carbons (Fsp3) is 0.385. The van der Waals surface area contributed by atoms with Gasteiger partial charge in [0.25, 0.3) is 0 Å². The third-order valence-corrected chi connectivity index (χ3v) is 7.35. The summed E-state index contributed by atoms with van der Waals surface area (Å²) in [5.41, 5.74) is 5.40. The normalized spacial score (nSPS) is 22.8. The van der Waals surface area contributed by atoms with Gasteiger partial charge in [0.2, 0.25) is 0 Å². The second-order valence-corrected chi connectivity index (χ2v) is 9.25. The second-order valence-electron chi connectivity index (χ2n) is 9.25. The van der Waals surface area contributed by atoms with Gasteiger partial charge in [-0.25, -0.2) is 9.37 Å². The zero-order chi connectivity index (χ0) is 20.9. The highest BCUT2D eigenvalue weighted by Crippen LogP contribution is 2.47. The number of aliphatic hydroxyl groups is 1. The van der Waals surface area contributed by atoms with E-state index in [-0.39, 0.29) is 11.7 Å². The molecular weight excluding hydrogens is 389 g/mol. The van der Waals surface area contributed by atoms with Gasteiger partial charge in [-0.1, -0.05) is 6.07 Å². The first-order valence-electron chi connectivity index (χ1n) is 11.4. The van der Waals surface area contributed by atoms with Gasteiger partial charge in [-0.15, -0.1) is 0 Å². The maximum Gasteiger partial charge on any atom is 0.123 e. The first-order valence-corrected chi connectivity index (χ1v) is 11.4. The van der Waals surface area contributed by atoms with Crippen molar-refractivity contribution in [1.82, 2.24) is 14.4 Å². The SMILES string of the molecule is O[C@H](c1c(C2CC2)ccc2cncn12)[C@H]1CC[C@H](c2ccnc3ccc(F)cc32)CC1. The van der Waals surface area contributed by atoms with Crippen molar-refractivity contribution in [2.75, 3.05) is 0 Å². The molecule has 31 heavy (non-hydrogen) atoms. The van der Waals surface area contributed by atoms with E-state index in [0.717, 1.165) is 47.8 Å². The van der Waals surface area contributed by atoms with Crippen molar-refractivity contribution in [1.29, 1.82) is 0 Å². The highest BCUT2D eigenvalue weighted by molar-refractivity contribution is 5.82. The Hall–Kier alpha value is -2.79. The molecule has 3 heterocycles. The molecule has 2 aliphatic rings. The molecule has 4 aromatic rings. The fourth-order valence-corrected chi connectivity index (χ4v) is 5.55. The molecule has 0 aliphatic heterocycles. The minimum Gasteiger partial charge on any atom is -0.387 e. The van der Waals surface area contributed by atoms with Crippen LogP contribution in [0.4, 0.5) is 4.39 Å². The van der Waals surface area contributed by atoms with Crippen molar-refractivity contribution >= 4 is 16.4 Å². The predicted octanol–water partition coefficient (Wildman–Crippen LogP) is 5.91. The Labute approximate surface area is 180 Å². The molecule has 6 rings (SSSR count). The Morgan fingerprint density at radius 1 is 0.935 bits per heavy atom. The second kappa shape index (κ2) is 7.41. The number of aliphatic hydroxyl groups excluding tert-OH is 1. The number of fused-ring (bicyclic) bond motifs is 2. The molecule has 158 valence electrons. The summed E-state index contributed by atoms with van der Waals surface area (Å²) >= 11 is 0. The number of imidazole rings is 1. The molecule has 1 atom stereocenters. The van der Waals surface area contributed by atoms with Crippen molar-refractivity contribution in [2.45, 2.75) is 56.5 Å². The molecule has 0 amide bonds. The molecule has 0 saturated heterocycles. The zero-order valence-corrected chi connectivity index (χ0v) is 17.4. The van der Waals surface area contributed by atoms with E-state index in [1.165, 1.54) is 30.0 Å². The summed E-state index contributed by atoms with van der Waals surface area (Å²) in [5, 5.41) is 12.4. The monoisotopic (exact) mass is 415 g/mol. The molecule has 5 heteroatoms. The molecule has 0 spiro atoms. The number of pyridine rings is 2. The van der Waals surface area contributed by atoms with E-state index < -0.39 is 6.10 Å². The van der Waals surface area contributed by atoms with E-state index >= 15 is 0 Å². The third kappa shape index (κ3) is 3.32. The highest BCUT2D eigenvalue weighted by Gasteiger charge is 2.34. The van der Waals surface area contributed by atoms with Crippen molar-refractivity contribution in [3.05, 3.63) is 77.8 Å². The van der Waals surface area contributed by atoms with Gasteiger partial charge in [-0.3, -0.25) is 4.98 Å². The van der Waals surface area contributed by atoms with Gasteiger partial charge in [0, 0.05) is 11.6 Å². The van der Waals surface area contributed by atoms with Crippen LogP contribution in [0.25, 0.3) is 16.4 Å². The number of aromatic nitrogens is 3. The first kappa shape index (κ1) is 18.9. The van der Waals surface area contributed by atoms with Crippen LogP contribution >= 0.6 is 0 Å². The van der Waals surface area contributed by atoms with E-state index in [2.05, 4.69) is 26.5 Å². The molecule has 1 aromatic carbocycles. The van der Waals surface area contributed by atoms with Crippen LogP contribution < -0.4 is 0 Å².